The van der Waals surface area contributed by atoms with E-state index >= 15 is 0 Å². The van der Waals surface area contributed by atoms with Gasteiger partial charge in [0, 0.05) is 30.8 Å². The Balaban J connectivity index is 1.65. The second-order valence-electron chi connectivity index (χ2n) is 5.03. The zero-order valence-electron chi connectivity index (χ0n) is 11.4. The predicted molar refractivity (Wildman–Crippen MR) is 75.6 cm³/mol. The number of benzene rings is 1. The highest BCUT2D eigenvalue weighted by atomic mass is 16.6. The molecular weight excluding hydrogens is 260 g/mol. The summed E-state index contributed by atoms with van der Waals surface area (Å²) < 4.78 is 0. The molecule has 7 heteroatoms. The molecule has 1 fully saturated rings. The van der Waals surface area contributed by atoms with Crippen molar-refractivity contribution in [2.45, 2.75) is 6.42 Å². The normalized spacial score (nSPS) is 19.1. The quantitative estimate of drug-likeness (QED) is 0.357. The minimum atomic E-state index is -0.395. The van der Waals surface area contributed by atoms with Crippen LogP contribution in [0.2, 0.25) is 0 Å². The third-order valence-electron chi connectivity index (χ3n) is 3.54. The van der Waals surface area contributed by atoms with E-state index in [0.717, 1.165) is 45.0 Å². The van der Waals surface area contributed by atoms with Gasteiger partial charge in [-0.25, -0.2) is 4.90 Å². The third-order valence-corrected chi connectivity index (χ3v) is 3.54. The molecule has 1 aliphatic heterocycles. The number of nitrogens with zero attached hydrogens (tertiary/aromatic N) is 2. The van der Waals surface area contributed by atoms with Crippen molar-refractivity contribution in [2.24, 2.45) is 0 Å². The van der Waals surface area contributed by atoms with Gasteiger partial charge in [-0.1, -0.05) is 0 Å². The standard InChI is InChI=1S/C13H20N4O3/c18-11-16-9-8-15(10-16)7-1-6-14-12-2-4-13(5-3-12)17(19)20/h2-5,14,18H,1,6-11H2/p+1. The van der Waals surface area contributed by atoms with Crippen molar-refractivity contribution in [3.05, 3.63) is 34.4 Å². The molecule has 1 unspecified atom stereocenters. The second kappa shape index (κ2) is 7.18. The Morgan fingerprint density at radius 2 is 2.15 bits per heavy atom. The van der Waals surface area contributed by atoms with Crippen molar-refractivity contribution >= 4 is 11.4 Å². The highest BCUT2D eigenvalue weighted by Gasteiger charge is 2.21. The molecule has 110 valence electrons. The van der Waals surface area contributed by atoms with E-state index in [9.17, 15) is 10.1 Å². The van der Waals surface area contributed by atoms with Gasteiger partial charge in [-0.05, 0) is 12.1 Å². The monoisotopic (exact) mass is 281 g/mol. The van der Waals surface area contributed by atoms with E-state index < -0.39 is 4.92 Å². The lowest BCUT2D eigenvalue weighted by molar-refractivity contribution is -0.892. The Kier molecular flexibility index (Phi) is 5.28. The molecule has 1 saturated heterocycles. The van der Waals surface area contributed by atoms with Gasteiger partial charge in [0.15, 0.2) is 0 Å². The van der Waals surface area contributed by atoms with Crippen LogP contribution in [0.4, 0.5) is 11.4 Å². The van der Waals surface area contributed by atoms with E-state index in [-0.39, 0.29) is 12.4 Å². The number of hydrogen-bond acceptors (Lipinski definition) is 5. The second-order valence-corrected chi connectivity index (χ2v) is 5.03. The highest BCUT2D eigenvalue weighted by molar-refractivity contribution is 5.48. The first kappa shape index (κ1) is 14.7. The molecule has 1 aromatic carbocycles. The van der Waals surface area contributed by atoms with Crippen molar-refractivity contribution in [3.8, 4) is 0 Å². The fraction of sp³-hybridized carbons (Fsp3) is 0.538. The van der Waals surface area contributed by atoms with Crippen LogP contribution >= 0.6 is 0 Å². The topological polar surface area (TPSA) is 83.1 Å². The van der Waals surface area contributed by atoms with Crippen molar-refractivity contribution < 1.29 is 14.9 Å². The number of rotatable bonds is 7. The van der Waals surface area contributed by atoms with Crippen LogP contribution < -0.4 is 10.2 Å². The smallest absolute Gasteiger partial charge is 0.269 e. The SMILES string of the molecule is O=[N+]([O-])c1ccc(NCCC[NH+]2CCN(CO)C2)cc1. The van der Waals surface area contributed by atoms with E-state index in [4.69, 9.17) is 5.11 Å². The van der Waals surface area contributed by atoms with Gasteiger partial charge in [-0.3, -0.25) is 10.1 Å². The average Bonchev–Trinajstić information content (AvgIpc) is 2.92. The lowest BCUT2D eigenvalue weighted by atomic mass is 10.3. The molecule has 20 heavy (non-hydrogen) atoms. The summed E-state index contributed by atoms with van der Waals surface area (Å²) >= 11 is 0. The molecule has 2 rings (SSSR count). The molecule has 0 spiro atoms. The highest BCUT2D eigenvalue weighted by Crippen LogP contribution is 2.14. The van der Waals surface area contributed by atoms with Crippen LogP contribution in [0.25, 0.3) is 0 Å². The molecular formula is C13H21N4O3+. The van der Waals surface area contributed by atoms with E-state index in [1.54, 1.807) is 12.1 Å². The summed E-state index contributed by atoms with van der Waals surface area (Å²) in [7, 11) is 0. The molecule has 3 N–H and O–H groups in total. The maximum absolute atomic E-state index is 10.5. The molecule has 1 aliphatic rings. The first-order valence-corrected chi connectivity index (χ1v) is 6.84. The number of aliphatic hydroxyl groups excluding tert-OH is 1. The lowest BCUT2D eigenvalue weighted by Gasteiger charge is -2.13. The number of non-ortho nitro benzene ring substituents is 1. The Morgan fingerprint density at radius 3 is 2.75 bits per heavy atom. The summed E-state index contributed by atoms with van der Waals surface area (Å²) in [5.41, 5.74) is 1.02. The van der Waals surface area contributed by atoms with Crippen LogP contribution in [0.15, 0.2) is 24.3 Å². The Bertz CT molecular complexity index is 438. The van der Waals surface area contributed by atoms with Crippen molar-refractivity contribution in [1.82, 2.24) is 4.90 Å². The number of aliphatic hydroxyl groups is 1. The summed E-state index contributed by atoms with van der Waals surface area (Å²) in [6.45, 7) is 5.01. The Labute approximate surface area is 117 Å². The number of quaternary nitrogens is 1. The van der Waals surface area contributed by atoms with Crippen LogP contribution in [0.5, 0.6) is 0 Å². The van der Waals surface area contributed by atoms with Gasteiger partial charge in [0.1, 0.15) is 13.4 Å². The molecule has 0 bridgehead atoms. The Morgan fingerprint density at radius 1 is 1.40 bits per heavy atom. The minimum absolute atomic E-state index is 0.112. The van der Waals surface area contributed by atoms with Gasteiger partial charge < -0.3 is 15.3 Å². The number of anilines is 1. The minimum Gasteiger partial charge on any atom is -0.385 e. The number of hydrogen-bond donors (Lipinski definition) is 3. The van der Waals surface area contributed by atoms with Crippen molar-refractivity contribution in [1.29, 1.82) is 0 Å². The molecule has 0 radical (unpaired) electrons. The van der Waals surface area contributed by atoms with Crippen LogP contribution in [-0.4, -0.2) is 54.5 Å². The Hall–Kier alpha value is -1.70. The molecule has 0 amide bonds. The predicted octanol–water partition coefficient (Wildman–Crippen LogP) is -0.495. The third kappa shape index (κ3) is 4.16. The molecule has 0 aromatic heterocycles. The van der Waals surface area contributed by atoms with Gasteiger partial charge in [-0.2, -0.15) is 0 Å². The molecule has 1 heterocycles. The van der Waals surface area contributed by atoms with Gasteiger partial charge in [0.05, 0.1) is 24.6 Å². The van der Waals surface area contributed by atoms with Gasteiger partial charge >= 0.3 is 0 Å². The van der Waals surface area contributed by atoms with Crippen LogP contribution in [0.1, 0.15) is 6.42 Å². The summed E-state index contributed by atoms with van der Waals surface area (Å²) in [4.78, 5) is 13.7. The van der Waals surface area contributed by atoms with E-state index in [1.165, 1.54) is 17.0 Å². The molecule has 0 saturated carbocycles. The summed E-state index contributed by atoms with van der Waals surface area (Å²) in [6, 6.07) is 6.48. The first-order chi connectivity index (χ1) is 9.69. The largest absolute Gasteiger partial charge is 0.385 e. The molecule has 1 aromatic rings. The number of nitrogens with one attached hydrogen (secondary N) is 2. The van der Waals surface area contributed by atoms with Crippen LogP contribution in [-0.2, 0) is 0 Å². The van der Waals surface area contributed by atoms with E-state index in [0.29, 0.717) is 0 Å². The fourth-order valence-corrected chi connectivity index (χ4v) is 2.39. The van der Waals surface area contributed by atoms with Crippen LogP contribution in [0, 0.1) is 10.1 Å². The molecule has 1 atom stereocenters. The van der Waals surface area contributed by atoms with E-state index in [1.807, 2.05) is 4.90 Å². The number of nitro groups is 1. The summed E-state index contributed by atoms with van der Waals surface area (Å²) in [5.74, 6) is 0. The average molecular weight is 281 g/mol. The summed E-state index contributed by atoms with van der Waals surface area (Å²) in [5, 5.41) is 22.8. The van der Waals surface area contributed by atoms with E-state index in [2.05, 4.69) is 5.32 Å². The molecule has 0 aliphatic carbocycles. The number of nitro benzene ring substituents is 1. The molecule has 7 nitrogen and oxygen atoms in total. The maximum atomic E-state index is 10.5. The summed E-state index contributed by atoms with van der Waals surface area (Å²) in [6.07, 6.45) is 1.03. The zero-order valence-corrected chi connectivity index (χ0v) is 11.4. The lowest BCUT2D eigenvalue weighted by Crippen LogP contribution is -3.10. The first-order valence-electron chi connectivity index (χ1n) is 6.84. The fourth-order valence-electron chi connectivity index (χ4n) is 2.39. The maximum Gasteiger partial charge on any atom is 0.269 e. The van der Waals surface area contributed by atoms with Gasteiger partial charge in [0.25, 0.3) is 5.69 Å². The van der Waals surface area contributed by atoms with Crippen molar-refractivity contribution in [3.63, 3.8) is 0 Å². The van der Waals surface area contributed by atoms with Gasteiger partial charge in [-0.15, -0.1) is 0 Å². The van der Waals surface area contributed by atoms with Crippen LogP contribution in [0.3, 0.4) is 0 Å². The van der Waals surface area contributed by atoms with Gasteiger partial charge in [0.2, 0.25) is 0 Å². The zero-order chi connectivity index (χ0) is 14.4. The van der Waals surface area contributed by atoms with Crippen molar-refractivity contribution in [2.75, 3.05) is 44.9 Å².